The predicted molar refractivity (Wildman–Crippen MR) is 242 cm³/mol. The highest BCUT2D eigenvalue weighted by Gasteiger charge is 2.48. The zero-order valence-electron chi connectivity index (χ0n) is 38.6. The molecular weight excluding hydrogens is 803 g/mol. The summed E-state index contributed by atoms with van der Waals surface area (Å²) in [5.41, 5.74) is 0. The quantitative estimate of drug-likeness (QED) is 0.0226. The van der Waals surface area contributed by atoms with Gasteiger partial charge in [0, 0.05) is 0 Å². The molecule has 0 aromatic rings. The SMILES string of the molecule is CCCCCCCCCCCCCCCCCCCCCCC(O)C(=O)NC(COC1OC(CO)C(O)C(OS(=O)(=O)O)C1O)C(O)CCCCCCCCCCCCCC. The number of unbranched alkanes of at least 4 members (excludes halogenated alkanes) is 30. The normalized spacial score (nSPS) is 21.1. The fraction of sp³-hybridized carbons (Fsp3) is 0.979. The second-order valence-corrected chi connectivity index (χ2v) is 19.0. The van der Waals surface area contributed by atoms with Crippen LogP contribution in [0.15, 0.2) is 0 Å². The van der Waals surface area contributed by atoms with E-state index in [2.05, 4.69) is 23.3 Å². The minimum Gasteiger partial charge on any atom is -0.394 e. The molecule has 1 heterocycles. The van der Waals surface area contributed by atoms with Crippen molar-refractivity contribution in [1.29, 1.82) is 0 Å². The molecule has 0 bridgehead atoms. The van der Waals surface area contributed by atoms with Gasteiger partial charge in [-0.1, -0.05) is 219 Å². The number of aliphatic hydroxyl groups is 5. The lowest BCUT2D eigenvalue weighted by molar-refractivity contribution is -0.298. The molecule has 1 aliphatic rings. The molecule has 1 rings (SSSR count). The van der Waals surface area contributed by atoms with Crippen molar-refractivity contribution in [3.63, 3.8) is 0 Å². The Kier molecular flexibility index (Phi) is 36.5. The lowest BCUT2D eigenvalue weighted by atomic mass is 9.99. The zero-order valence-corrected chi connectivity index (χ0v) is 39.4. The summed E-state index contributed by atoms with van der Waals surface area (Å²) in [6.07, 6.45) is 28.6. The van der Waals surface area contributed by atoms with Crippen molar-refractivity contribution in [2.75, 3.05) is 13.2 Å². The minimum absolute atomic E-state index is 0.266. The molecule has 0 aliphatic carbocycles. The van der Waals surface area contributed by atoms with Crippen LogP contribution in [0.1, 0.15) is 232 Å². The van der Waals surface area contributed by atoms with E-state index < -0.39 is 78.5 Å². The molecule has 0 radical (unpaired) electrons. The molecule has 14 heteroatoms. The summed E-state index contributed by atoms with van der Waals surface area (Å²) in [6.45, 7) is 3.29. The maximum Gasteiger partial charge on any atom is 0.397 e. The van der Waals surface area contributed by atoms with Crippen LogP contribution < -0.4 is 5.32 Å². The molecule has 7 N–H and O–H groups in total. The first-order valence-corrected chi connectivity index (χ1v) is 26.4. The molecule has 8 atom stereocenters. The van der Waals surface area contributed by atoms with E-state index in [9.17, 15) is 43.3 Å². The molecule has 13 nitrogen and oxygen atoms in total. The highest BCUT2D eigenvalue weighted by Crippen LogP contribution is 2.26. The van der Waals surface area contributed by atoms with Crippen LogP contribution in [0.25, 0.3) is 0 Å². The number of hydrogen-bond acceptors (Lipinski definition) is 11. The van der Waals surface area contributed by atoms with E-state index >= 15 is 0 Å². The van der Waals surface area contributed by atoms with Crippen LogP contribution in [0.3, 0.4) is 0 Å². The largest absolute Gasteiger partial charge is 0.397 e. The number of hydrogen-bond donors (Lipinski definition) is 7. The topological polar surface area (TPSA) is 212 Å². The third kappa shape index (κ3) is 30.8. The number of aliphatic hydroxyl groups excluding tert-OH is 5. The van der Waals surface area contributed by atoms with E-state index in [1.807, 2.05) is 0 Å². The molecule has 0 aromatic heterocycles. The van der Waals surface area contributed by atoms with Crippen molar-refractivity contribution in [3.8, 4) is 0 Å². The van der Waals surface area contributed by atoms with E-state index in [0.717, 1.165) is 38.5 Å². The predicted octanol–water partition coefficient (Wildman–Crippen LogP) is 9.14. The van der Waals surface area contributed by atoms with Crippen molar-refractivity contribution in [3.05, 3.63) is 0 Å². The van der Waals surface area contributed by atoms with Crippen LogP contribution in [0, 0.1) is 0 Å². The summed E-state index contributed by atoms with van der Waals surface area (Å²) in [6, 6.07) is -1.03. The number of carbonyl (C=O) groups excluding carboxylic acids is 1. The van der Waals surface area contributed by atoms with Crippen molar-refractivity contribution >= 4 is 16.3 Å². The lowest BCUT2D eigenvalue weighted by Crippen LogP contribution is -2.61. The Labute approximate surface area is 371 Å². The van der Waals surface area contributed by atoms with Crippen molar-refractivity contribution in [2.24, 2.45) is 0 Å². The molecule has 0 aromatic carbocycles. The molecule has 8 unspecified atom stereocenters. The maximum absolute atomic E-state index is 13.1. The monoisotopic (exact) mass is 896 g/mol. The average Bonchev–Trinajstić information content (AvgIpc) is 3.23. The van der Waals surface area contributed by atoms with Crippen LogP contribution in [-0.2, 0) is 28.9 Å². The fourth-order valence-corrected chi connectivity index (χ4v) is 8.80. The molecule has 1 aliphatic heterocycles. The van der Waals surface area contributed by atoms with Gasteiger partial charge in [0.25, 0.3) is 0 Å². The van der Waals surface area contributed by atoms with Crippen molar-refractivity contribution < 1.29 is 57.0 Å². The lowest BCUT2D eigenvalue weighted by Gasteiger charge is -2.41. The summed E-state index contributed by atoms with van der Waals surface area (Å²) in [7, 11) is -5.11. The fourth-order valence-electron chi connectivity index (χ4n) is 8.29. The number of nitrogens with one attached hydrogen (secondary N) is 1. The third-order valence-electron chi connectivity index (χ3n) is 12.3. The summed E-state index contributed by atoms with van der Waals surface area (Å²) < 4.78 is 47.6. The Morgan fingerprint density at radius 1 is 0.590 bits per heavy atom. The standard InChI is InChI=1S/C47H93NO12S/c1-3-5-7-9-11-13-15-17-18-19-20-21-22-23-24-26-28-30-32-34-36-41(51)46(54)48-39(40(50)35-33-31-29-27-25-16-14-12-10-8-6-4-2)38-58-47-44(53)45(60-61(55,56)57)43(52)42(37-49)59-47/h39-45,47,49-53H,3-38H2,1-2H3,(H,48,54)(H,55,56,57). The number of carbonyl (C=O) groups is 1. The molecule has 1 saturated heterocycles. The second kappa shape index (κ2) is 38.3. The van der Waals surface area contributed by atoms with Gasteiger partial charge in [0.15, 0.2) is 6.29 Å². The molecule has 61 heavy (non-hydrogen) atoms. The molecule has 364 valence electrons. The van der Waals surface area contributed by atoms with Gasteiger partial charge in [0.2, 0.25) is 5.91 Å². The summed E-state index contributed by atoms with van der Waals surface area (Å²) >= 11 is 0. The Hall–Kier alpha value is -0.940. The Bertz CT molecular complexity index is 1120. The van der Waals surface area contributed by atoms with Crippen LogP contribution in [0.5, 0.6) is 0 Å². The first-order valence-electron chi connectivity index (χ1n) is 25.0. The van der Waals surface area contributed by atoms with E-state index in [-0.39, 0.29) is 6.42 Å². The smallest absolute Gasteiger partial charge is 0.394 e. The van der Waals surface area contributed by atoms with Crippen molar-refractivity contribution in [2.45, 2.75) is 281 Å². The molecule has 0 saturated carbocycles. The van der Waals surface area contributed by atoms with Gasteiger partial charge in [0.05, 0.1) is 25.4 Å². The van der Waals surface area contributed by atoms with Gasteiger partial charge >= 0.3 is 10.4 Å². The molecule has 1 amide bonds. The second-order valence-electron chi connectivity index (χ2n) is 17.9. The van der Waals surface area contributed by atoms with E-state index in [1.54, 1.807) is 0 Å². The first kappa shape index (κ1) is 58.1. The van der Waals surface area contributed by atoms with Crippen molar-refractivity contribution in [1.82, 2.24) is 5.32 Å². The Balaban J connectivity index is 2.45. The van der Waals surface area contributed by atoms with E-state index in [1.165, 1.54) is 154 Å². The molecule has 1 fully saturated rings. The summed E-state index contributed by atoms with van der Waals surface area (Å²) in [5.74, 6) is -0.665. The Morgan fingerprint density at radius 2 is 0.951 bits per heavy atom. The number of rotatable bonds is 43. The van der Waals surface area contributed by atoms with Gasteiger partial charge in [-0.05, 0) is 12.8 Å². The number of ether oxygens (including phenoxy) is 2. The number of amides is 1. The van der Waals surface area contributed by atoms with Gasteiger partial charge in [-0.2, -0.15) is 8.42 Å². The van der Waals surface area contributed by atoms with E-state index in [0.29, 0.717) is 19.3 Å². The first-order chi connectivity index (χ1) is 29.4. The summed E-state index contributed by atoms with van der Waals surface area (Å²) in [4.78, 5) is 13.1. The van der Waals surface area contributed by atoms with Gasteiger partial charge in [-0.15, -0.1) is 0 Å². The van der Waals surface area contributed by atoms with Crippen LogP contribution in [0.4, 0.5) is 0 Å². The third-order valence-corrected chi connectivity index (χ3v) is 12.7. The van der Waals surface area contributed by atoms with Crippen LogP contribution in [0.2, 0.25) is 0 Å². The average molecular weight is 896 g/mol. The summed E-state index contributed by atoms with van der Waals surface area (Å²) in [5, 5.41) is 55.4. The minimum atomic E-state index is -5.11. The highest BCUT2D eigenvalue weighted by molar-refractivity contribution is 7.80. The van der Waals surface area contributed by atoms with Gasteiger partial charge in [-0.25, -0.2) is 4.18 Å². The Morgan fingerprint density at radius 3 is 1.31 bits per heavy atom. The van der Waals surface area contributed by atoms with Gasteiger partial charge in [-0.3, -0.25) is 9.35 Å². The van der Waals surface area contributed by atoms with E-state index in [4.69, 9.17) is 9.47 Å². The highest BCUT2D eigenvalue weighted by atomic mass is 32.3. The van der Waals surface area contributed by atoms with Crippen LogP contribution >= 0.6 is 0 Å². The molecular formula is C47H93NO12S. The van der Waals surface area contributed by atoms with Crippen LogP contribution in [-0.4, -0.2) is 107 Å². The maximum atomic E-state index is 13.1. The zero-order chi connectivity index (χ0) is 45.0. The van der Waals surface area contributed by atoms with Gasteiger partial charge in [0.1, 0.15) is 30.5 Å². The molecule has 0 spiro atoms. The van der Waals surface area contributed by atoms with Gasteiger partial charge < -0.3 is 40.3 Å².